The van der Waals surface area contributed by atoms with Crippen molar-refractivity contribution in [2.24, 2.45) is 0 Å². The van der Waals surface area contributed by atoms with Crippen LogP contribution in [0.3, 0.4) is 0 Å². The monoisotopic (exact) mass is 297 g/mol. The molecule has 0 atom stereocenters. The van der Waals surface area contributed by atoms with Gasteiger partial charge in [0.1, 0.15) is 0 Å². The van der Waals surface area contributed by atoms with E-state index in [-0.39, 0.29) is 5.91 Å². The van der Waals surface area contributed by atoms with Crippen LogP contribution < -0.4 is 4.90 Å². The van der Waals surface area contributed by atoms with Crippen LogP contribution in [0.15, 0.2) is 66.1 Å². The summed E-state index contributed by atoms with van der Waals surface area (Å²) in [6, 6.07) is 17.9. The van der Waals surface area contributed by atoms with Crippen LogP contribution in [-0.4, -0.2) is 10.2 Å². The maximum atomic E-state index is 12.0. The zero-order valence-corrected chi connectivity index (χ0v) is 12.2. The van der Waals surface area contributed by atoms with E-state index in [0.717, 1.165) is 16.8 Å². The fourth-order valence-electron chi connectivity index (χ4n) is 2.06. The topological polar surface area (TPSA) is 20.3 Å². The first-order valence-electron chi connectivity index (χ1n) is 6.07. The van der Waals surface area contributed by atoms with Crippen LogP contribution in [0, 0.1) is 0 Å². The van der Waals surface area contributed by atoms with Gasteiger partial charge in [-0.1, -0.05) is 73.0 Å². The summed E-state index contributed by atoms with van der Waals surface area (Å²) < 4.78 is 0.535. The molecule has 3 rings (SSSR count). The number of hydrogen-bond donors (Lipinski definition) is 0. The summed E-state index contributed by atoms with van der Waals surface area (Å²) in [4.78, 5) is 14.0. The van der Waals surface area contributed by atoms with Crippen molar-refractivity contribution in [3.63, 3.8) is 0 Å². The summed E-state index contributed by atoms with van der Waals surface area (Å²) in [5, 5.41) is 0. The van der Waals surface area contributed by atoms with Gasteiger partial charge in [-0.15, -0.1) is 0 Å². The number of thiocarbonyl (C=S) groups is 1. The van der Waals surface area contributed by atoms with E-state index in [1.807, 2.05) is 42.5 Å². The van der Waals surface area contributed by atoms with Crippen molar-refractivity contribution in [1.82, 2.24) is 0 Å². The average molecular weight is 297 g/mol. The normalized spacial score (nSPS) is 15.0. The number of thioether (sulfide) groups is 1. The third-order valence-corrected chi connectivity index (χ3v) is 4.28. The van der Waals surface area contributed by atoms with E-state index in [4.69, 9.17) is 12.2 Å². The molecule has 20 heavy (non-hydrogen) atoms. The van der Waals surface area contributed by atoms with Crippen LogP contribution in [0.25, 0.3) is 11.1 Å². The van der Waals surface area contributed by atoms with Crippen molar-refractivity contribution >= 4 is 39.9 Å². The molecule has 4 heteroatoms. The Morgan fingerprint density at radius 1 is 0.950 bits per heavy atom. The number of benzene rings is 2. The molecule has 98 valence electrons. The Kier molecular flexibility index (Phi) is 3.42. The van der Waals surface area contributed by atoms with Crippen molar-refractivity contribution in [3.8, 4) is 11.1 Å². The Bertz CT molecular complexity index is 692. The Morgan fingerprint density at radius 2 is 1.55 bits per heavy atom. The minimum Gasteiger partial charge on any atom is -0.268 e. The van der Waals surface area contributed by atoms with Crippen LogP contribution >= 0.6 is 24.0 Å². The highest BCUT2D eigenvalue weighted by Crippen LogP contribution is 2.34. The number of carbonyl (C=O) groups is 1. The van der Waals surface area contributed by atoms with Crippen molar-refractivity contribution in [2.75, 3.05) is 4.90 Å². The van der Waals surface area contributed by atoms with Gasteiger partial charge in [0.05, 0.1) is 10.6 Å². The molecule has 1 aliphatic heterocycles. The SMILES string of the molecule is C=C1SC(=S)N(c2ccc(-c3ccccc3)cc2)C1=O. The second-order valence-corrected chi connectivity index (χ2v) is 6.07. The van der Waals surface area contributed by atoms with E-state index >= 15 is 0 Å². The summed E-state index contributed by atoms with van der Waals surface area (Å²) in [6.45, 7) is 3.71. The number of carbonyl (C=O) groups excluding carboxylic acids is 1. The molecule has 2 nitrogen and oxygen atoms in total. The quantitative estimate of drug-likeness (QED) is 0.611. The van der Waals surface area contributed by atoms with Crippen LogP contribution in [-0.2, 0) is 4.79 Å². The third-order valence-electron chi connectivity index (χ3n) is 3.07. The summed E-state index contributed by atoms with van der Waals surface area (Å²) in [5.41, 5.74) is 3.04. The highest BCUT2D eigenvalue weighted by Gasteiger charge is 2.31. The summed E-state index contributed by atoms with van der Waals surface area (Å²) in [6.07, 6.45) is 0. The molecule has 1 amide bonds. The Morgan fingerprint density at radius 3 is 2.10 bits per heavy atom. The molecule has 0 aromatic heterocycles. The van der Waals surface area contributed by atoms with Gasteiger partial charge in [0.25, 0.3) is 5.91 Å². The summed E-state index contributed by atoms with van der Waals surface area (Å²) >= 11 is 6.46. The van der Waals surface area contributed by atoms with E-state index in [1.165, 1.54) is 16.7 Å². The van der Waals surface area contributed by atoms with Gasteiger partial charge in [0.15, 0.2) is 4.32 Å². The lowest BCUT2D eigenvalue weighted by molar-refractivity contribution is -0.113. The molecule has 0 radical (unpaired) electrons. The second kappa shape index (κ2) is 5.23. The minimum atomic E-state index is -0.132. The highest BCUT2D eigenvalue weighted by molar-refractivity contribution is 8.27. The predicted molar refractivity (Wildman–Crippen MR) is 88.7 cm³/mol. The molecule has 0 bridgehead atoms. The lowest BCUT2D eigenvalue weighted by Gasteiger charge is -2.15. The van der Waals surface area contributed by atoms with Crippen LogP contribution in [0.2, 0.25) is 0 Å². The molecule has 1 fully saturated rings. The lowest BCUT2D eigenvalue weighted by Crippen LogP contribution is -2.27. The molecule has 0 N–H and O–H groups in total. The van der Waals surface area contributed by atoms with E-state index in [2.05, 4.69) is 18.7 Å². The molecule has 2 aromatic rings. The van der Waals surface area contributed by atoms with Crippen molar-refractivity contribution < 1.29 is 4.79 Å². The molecule has 0 aliphatic carbocycles. The van der Waals surface area contributed by atoms with Gasteiger partial charge in [-0.2, -0.15) is 0 Å². The van der Waals surface area contributed by atoms with Gasteiger partial charge in [-0.25, -0.2) is 0 Å². The molecule has 0 saturated carbocycles. The van der Waals surface area contributed by atoms with Crippen molar-refractivity contribution in [3.05, 3.63) is 66.1 Å². The van der Waals surface area contributed by atoms with E-state index in [1.54, 1.807) is 0 Å². The minimum absolute atomic E-state index is 0.132. The van der Waals surface area contributed by atoms with Gasteiger partial charge in [-0.05, 0) is 23.3 Å². The van der Waals surface area contributed by atoms with Gasteiger partial charge < -0.3 is 0 Å². The molecule has 0 unspecified atom stereocenters. The van der Waals surface area contributed by atoms with Gasteiger partial charge in [0, 0.05) is 0 Å². The Labute approximate surface area is 127 Å². The molecular weight excluding hydrogens is 286 g/mol. The molecule has 0 spiro atoms. The van der Waals surface area contributed by atoms with Gasteiger partial charge >= 0.3 is 0 Å². The maximum Gasteiger partial charge on any atom is 0.270 e. The van der Waals surface area contributed by atoms with Crippen molar-refractivity contribution in [2.45, 2.75) is 0 Å². The van der Waals surface area contributed by atoms with E-state index in [0.29, 0.717) is 9.23 Å². The number of rotatable bonds is 2. The smallest absolute Gasteiger partial charge is 0.268 e. The highest BCUT2D eigenvalue weighted by atomic mass is 32.2. The number of nitrogens with zero attached hydrogens (tertiary/aromatic N) is 1. The molecule has 1 heterocycles. The number of amides is 1. The maximum absolute atomic E-state index is 12.0. The first-order valence-corrected chi connectivity index (χ1v) is 7.30. The average Bonchev–Trinajstić information content (AvgIpc) is 2.73. The first-order chi connectivity index (χ1) is 9.66. The fraction of sp³-hybridized carbons (Fsp3) is 0. The standard InChI is InChI=1S/C16H11NOS2/c1-11-15(18)17(16(19)20-11)14-9-7-13(8-10-14)12-5-3-2-4-6-12/h2-10H,1H2. The zero-order valence-electron chi connectivity index (χ0n) is 10.6. The molecule has 1 aliphatic rings. The van der Waals surface area contributed by atoms with Crippen molar-refractivity contribution in [1.29, 1.82) is 0 Å². The van der Waals surface area contributed by atoms with Gasteiger partial charge in [0.2, 0.25) is 0 Å². The Balaban J connectivity index is 1.93. The largest absolute Gasteiger partial charge is 0.270 e. The van der Waals surface area contributed by atoms with Gasteiger partial charge in [-0.3, -0.25) is 9.69 Å². The van der Waals surface area contributed by atoms with Crippen LogP contribution in [0.4, 0.5) is 5.69 Å². The number of anilines is 1. The Hall–Kier alpha value is -1.91. The van der Waals surface area contributed by atoms with Crippen LogP contribution in [0.1, 0.15) is 0 Å². The lowest BCUT2D eigenvalue weighted by atomic mass is 10.1. The van der Waals surface area contributed by atoms with E-state index < -0.39 is 0 Å². The third kappa shape index (κ3) is 2.28. The fourth-order valence-corrected chi connectivity index (χ4v) is 3.22. The van der Waals surface area contributed by atoms with E-state index in [9.17, 15) is 4.79 Å². The summed E-state index contributed by atoms with van der Waals surface area (Å²) in [7, 11) is 0. The second-order valence-electron chi connectivity index (χ2n) is 4.34. The molecular formula is C16H11NOS2. The summed E-state index contributed by atoms with van der Waals surface area (Å²) in [5.74, 6) is -0.132. The van der Waals surface area contributed by atoms with Crippen LogP contribution in [0.5, 0.6) is 0 Å². The number of hydrogen-bond acceptors (Lipinski definition) is 3. The first kappa shape index (κ1) is 13.1. The predicted octanol–water partition coefficient (Wildman–Crippen LogP) is 4.23. The zero-order chi connectivity index (χ0) is 14.1. The molecule has 2 aromatic carbocycles. The molecule has 1 saturated heterocycles.